The summed E-state index contributed by atoms with van der Waals surface area (Å²) in [5, 5.41) is 6.40. The summed E-state index contributed by atoms with van der Waals surface area (Å²) in [6.45, 7) is 6.24. The van der Waals surface area contributed by atoms with Crippen molar-refractivity contribution in [3.05, 3.63) is 35.9 Å². The van der Waals surface area contributed by atoms with Gasteiger partial charge in [0.2, 0.25) is 0 Å². The zero-order chi connectivity index (χ0) is 15.7. The van der Waals surface area contributed by atoms with E-state index in [4.69, 9.17) is 4.74 Å². The Morgan fingerprint density at radius 2 is 1.86 bits per heavy atom. The molecule has 2 N–H and O–H groups in total. The highest BCUT2D eigenvalue weighted by atomic mass is 127. The lowest BCUT2D eigenvalue weighted by Gasteiger charge is -2.18. The number of esters is 1. The number of halogens is 1. The third kappa shape index (κ3) is 8.21. The van der Waals surface area contributed by atoms with Crippen LogP contribution in [0.1, 0.15) is 38.8 Å². The second-order valence-corrected chi connectivity index (χ2v) is 5.06. The van der Waals surface area contributed by atoms with Crippen molar-refractivity contribution in [1.82, 2.24) is 10.6 Å². The Morgan fingerprint density at radius 1 is 1.23 bits per heavy atom. The van der Waals surface area contributed by atoms with Gasteiger partial charge in [-0.3, -0.25) is 9.79 Å². The zero-order valence-corrected chi connectivity index (χ0v) is 16.0. The van der Waals surface area contributed by atoms with Crippen molar-refractivity contribution < 1.29 is 9.53 Å². The summed E-state index contributed by atoms with van der Waals surface area (Å²) in [5.74, 6) is 0.466. The molecule has 0 aliphatic heterocycles. The standard InChI is InChI=1S/C16H25N3O2.HI/c1-12(2)21-15(20)10-11-18-16(17-4)19-13(3)14-8-6-5-7-9-14;/h5-9,12-13H,10-11H2,1-4H3,(H2,17,18,19);1H. The van der Waals surface area contributed by atoms with Gasteiger partial charge in [0, 0.05) is 13.6 Å². The van der Waals surface area contributed by atoms with Crippen LogP contribution < -0.4 is 10.6 Å². The summed E-state index contributed by atoms with van der Waals surface area (Å²) >= 11 is 0. The molecule has 0 heterocycles. The summed E-state index contributed by atoms with van der Waals surface area (Å²) in [7, 11) is 1.71. The largest absolute Gasteiger partial charge is 0.463 e. The van der Waals surface area contributed by atoms with Crippen LogP contribution in [0.5, 0.6) is 0 Å². The average Bonchev–Trinajstić information content (AvgIpc) is 2.46. The number of ether oxygens (including phenoxy) is 1. The minimum Gasteiger partial charge on any atom is -0.463 e. The average molecular weight is 419 g/mol. The molecule has 0 aliphatic carbocycles. The maximum atomic E-state index is 11.4. The normalized spacial score (nSPS) is 12.3. The summed E-state index contributed by atoms with van der Waals surface area (Å²) < 4.78 is 5.08. The third-order valence-corrected chi connectivity index (χ3v) is 2.87. The molecular formula is C16H26IN3O2. The molecule has 1 unspecified atom stereocenters. The number of carbonyl (C=O) groups excluding carboxylic acids is 1. The number of nitrogens with zero attached hydrogens (tertiary/aromatic N) is 1. The van der Waals surface area contributed by atoms with E-state index in [0.717, 1.165) is 0 Å². The second-order valence-electron chi connectivity index (χ2n) is 5.06. The maximum absolute atomic E-state index is 11.4. The number of hydrogen-bond donors (Lipinski definition) is 2. The molecule has 1 aromatic carbocycles. The monoisotopic (exact) mass is 419 g/mol. The van der Waals surface area contributed by atoms with Gasteiger partial charge in [0.05, 0.1) is 18.6 Å². The van der Waals surface area contributed by atoms with Crippen LogP contribution in [0.4, 0.5) is 0 Å². The molecule has 1 rings (SSSR count). The predicted molar refractivity (Wildman–Crippen MR) is 101 cm³/mol. The zero-order valence-electron chi connectivity index (χ0n) is 13.6. The number of rotatable bonds is 6. The third-order valence-electron chi connectivity index (χ3n) is 2.87. The molecule has 1 atom stereocenters. The molecule has 0 aliphatic rings. The van der Waals surface area contributed by atoms with Gasteiger partial charge in [-0.15, -0.1) is 24.0 Å². The van der Waals surface area contributed by atoms with Crippen molar-refractivity contribution in [2.75, 3.05) is 13.6 Å². The molecule has 0 radical (unpaired) electrons. The van der Waals surface area contributed by atoms with Crippen molar-refractivity contribution in [2.45, 2.75) is 39.3 Å². The number of benzene rings is 1. The minimum absolute atomic E-state index is 0. The Balaban J connectivity index is 0.00000441. The highest BCUT2D eigenvalue weighted by Gasteiger charge is 2.09. The molecule has 0 aromatic heterocycles. The molecule has 0 amide bonds. The molecular weight excluding hydrogens is 393 g/mol. The number of carbonyl (C=O) groups is 1. The summed E-state index contributed by atoms with van der Waals surface area (Å²) in [6.07, 6.45) is 0.242. The topological polar surface area (TPSA) is 62.7 Å². The van der Waals surface area contributed by atoms with Gasteiger partial charge in [0.15, 0.2) is 5.96 Å². The summed E-state index contributed by atoms with van der Waals surface area (Å²) in [6, 6.07) is 10.3. The van der Waals surface area contributed by atoms with Crippen LogP contribution in [-0.2, 0) is 9.53 Å². The van der Waals surface area contributed by atoms with Crippen LogP contribution in [0.25, 0.3) is 0 Å². The Morgan fingerprint density at radius 3 is 2.41 bits per heavy atom. The quantitative estimate of drug-likeness (QED) is 0.322. The minimum atomic E-state index is -0.205. The lowest BCUT2D eigenvalue weighted by Crippen LogP contribution is -2.39. The van der Waals surface area contributed by atoms with E-state index in [2.05, 4.69) is 34.7 Å². The van der Waals surface area contributed by atoms with E-state index in [-0.39, 0.29) is 42.1 Å². The first-order chi connectivity index (χ1) is 10.0. The van der Waals surface area contributed by atoms with Gasteiger partial charge in [0.25, 0.3) is 0 Å². The van der Waals surface area contributed by atoms with Crippen LogP contribution >= 0.6 is 24.0 Å². The van der Waals surface area contributed by atoms with Crippen molar-refractivity contribution >= 4 is 35.9 Å². The van der Waals surface area contributed by atoms with Gasteiger partial charge in [-0.05, 0) is 26.3 Å². The van der Waals surface area contributed by atoms with Gasteiger partial charge in [0.1, 0.15) is 0 Å². The lowest BCUT2D eigenvalue weighted by molar-refractivity contribution is -0.147. The van der Waals surface area contributed by atoms with Crippen LogP contribution in [0, 0.1) is 0 Å². The fourth-order valence-corrected chi connectivity index (χ4v) is 1.83. The van der Waals surface area contributed by atoms with E-state index in [1.807, 2.05) is 32.0 Å². The molecule has 0 saturated carbocycles. The summed E-state index contributed by atoms with van der Waals surface area (Å²) in [4.78, 5) is 15.6. The lowest BCUT2D eigenvalue weighted by atomic mass is 10.1. The van der Waals surface area contributed by atoms with Crippen LogP contribution in [-0.4, -0.2) is 31.6 Å². The Kier molecular flexibility index (Phi) is 10.6. The number of aliphatic imine (C=N–C) groups is 1. The molecule has 124 valence electrons. The van der Waals surface area contributed by atoms with Crippen molar-refractivity contribution in [3.8, 4) is 0 Å². The smallest absolute Gasteiger partial charge is 0.307 e. The Hall–Kier alpha value is -1.31. The fraction of sp³-hybridized carbons (Fsp3) is 0.500. The van der Waals surface area contributed by atoms with E-state index in [9.17, 15) is 4.79 Å². The van der Waals surface area contributed by atoms with Crippen molar-refractivity contribution in [2.24, 2.45) is 4.99 Å². The maximum Gasteiger partial charge on any atom is 0.307 e. The molecule has 6 heteroatoms. The molecule has 5 nitrogen and oxygen atoms in total. The predicted octanol–water partition coefficient (Wildman–Crippen LogP) is 2.87. The first-order valence-corrected chi connectivity index (χ1v) is 7.24. The van der Waals surface area contributed by atoms with E-state index >= 15 is 0 Å². The van der Waals surface area contributed by atoms with Crippen molar-refractivity contribution in [3.63, 3.8) is 0 Å². The van der Waals surface area contributed by atoms with Gasteiger partial charge < -0.3 is 15.4 Å². The van der Waals surface area contributed by atoms with Gasteiger partial charge >= 0.3 is 5.97 Å². The van der Waals surface area contributed by atoms with Gasteiger partial charge in [-0.1, -0.05) is 30.3 Å². The summed E-state index contributed by atoms with van der Waals surface area (Å²) in [5.41, 5.74) is 1.18. The second kappa shape index (κ2) is 11.3. The molecule has 0 spiro atoms. The number of nitrogens with one attached hydrogen (secondary N) is 2. The molecule has 0 fully saturated rings. The van der Waals surface area contributed by atoms with E-state index in [1.165, 1.54) is 5.56 Å². The highest BCUT2D eigenvalue weighted by Crippen LogP contribution is 2.10. The van der Waals surface area contributed by atoms with Crippen LogP contribution in [0.3, 0.4) is 0 Å². The van der Waals surface area contributed by atoms with Crippen molar-refractivity contribution in [1.29, 1.82) is 0 Å². The number of guanidine groups is 1. The van der Waals surface area contributed by atoms with E-state index < -0.39 is 0 Å². The molecule has 0 saturated heterocycles. The van der Waals surface area contributed by atoms with Crippen LogP contribution in [0.15, 0.2) is 35.3 Å². The van der Waals surface area contributed by atoms with E-state index in [0.29, 0.717) is 18.9 Å². The molecule has 1 aromatic rings. The molecule has 0 bridgehead atoms. The first-order valence-electron chi connectivity index (χ1n) is 7.24. The highest BCUT2D eigenvalue weighted by molar-refractivity contribution is 14.0. The van der Waals surface area contributed by atoms with Gasteiger partial charge in [-0.2, -0.15) is 0 Å². The van der Waals surface area contributed by atoms with E-state index in [1.54, 1.807) is 7.05 Å². The van der Waals surface area contributed by atoms with Crippen LogP contribution in [0.2, 0.25) is 0 Å². The Bertz CT molecular complexity index is 464. The first kappa shape index (κ1) is 20.7. The SMILES string of the molecule is CN=C(NCCC(=O)OC(C)C)NC(C)c1ccccc1.I. The fourth-order valence-electron chi connectivity index (χ4n) is 1.83. The Labute approximate surface area is 149 Å². The van der Waals surface area contributed by atoms with Gasteiger partial charge in [-0.25, -0.2) is 0 Å². The molecule has 22 heavy (non-hydrogen) atoms. The number of hydrogen-bond acceptors (Lipinski definition) is 3.